The normalized spacial score (nSPS) is 15.4. The Bertz CT molecular complexity index is 947. The highest BCUT2D eigenvalue weighted by Crippen LogP contribution is 2.10. The summed E-state index contributed by atoms with van der Waals surface area (Å²) in [6.07, 6.45) is 2.89. The molecule has 0 aliphatic carbocycles. The van der Waals surface area contributed by atoms with Crippen molar-refractivity contribution >= 4 is 40.0 Å². The van der Waals surface area contributed by atoms with Crippen LogP contribution in [0.3, 0.4) is 0 Å². The number of aliphatic imine (C=N–C) groups is 1. The summed E-state index contributed by atoms with van der Waals surface area (Å²) in [5.41, 5.74) is 2.63. The molecule has 0 saturated carbocycles. The van der Waals surface area contributed by atoms with Gasteiger partial charge >= 0.3 is 0 Å². The van der Waals surface area contributed by atoms with E-state index in [1.54, 1.807) is 19.3 Å². The van der Waals surface area contributed by atoms with Crippen molar-refractivity contribution in [1.29, 1.82) is 0 Å². The van der Waals surface area contributed by atoms with Crippen molar-refractivity contribution in [1.82, 2.24) is 24.8 Å². The Morgan fingerprint density at radius 1 is 1.13 bits per heavy atom. The SMILES string of the molecule is CN=C(NCCNS(=O)(=O)c1cccnc1)N1CCN(Cc2cccc(C)c2)CC1.I. The minimum absolute atomic E-state index is 0. The number of hydrogen-bond donors (Lipinski definition) is 2. The fourth-order valence-electron chi connectivity index (χ4n) is 3.47. The number of hydrogen-bond acceptors (Lipinski definition) is 5. The van der Waals surface area contributed by atoms with Gasteiger partial charge < -0.3 is 10.2 Å². The van der Waals surface area contributed by atoms with Crippen LogP contribution in [-0.4, -0.2) is 75.5 Å². The third-order valence-electron chi connectivity index (χ3n) is 5.02. The van der Waals surface area contributed by atoms with Gasteiger partial charge in [0.2, 0.25) is 10.0 Å². The molecule has 10 heteroatoms. The van der Waals surface area contributed by atoms with Gasteiger partial charge in [-0.15, -0.1) is 24.0 Å². The molecule has 0 bridgehead atoms. The Hall–Kier alpha value is -1.76. The second kappa shape index (κ2) is 12.3. The van der Waals surface area contributed by atoms with Gasteiger partial charge in [0.25, 0.3) is 0 Å². The molecule has 1 aromatic carbocycles. The number of nitrogens with zero attached hydrogens (tertiary/aromatic N) is 4. The van der Waals surface area contributed by atoms with Crippen LogP contribution in [0.2, 0.25) is 0 Å². The number of aryl methyl sites for hydroxylation is 1. The molecule has 1 aliphatic heterocycles. The topological polar surface area (TPSA) is 89.9 Å². The second-order valence-corrected chi connectivity index (χ2v) is 9.08. The monoisotopic (exact) mass is 558 g/mol. The van der Waals surface area contributed by atoms with Gasteiger partial charge in [-0.1, -0.05) is 29.8 Å². The van der Waals surface area contributed by atoms with Crippen LogP contribution in [0.1, 0.15) is 11.1 Å². The fraction of sp³-hybridized carbons (Fsp3) is 0.429. The largest absolute Gasteiger partial charge is 0.355 e. The van der Waals surface area contributed by atoms with Gasteiger partial charge in [-0.05, 0) is 24.6 Å². The van der Waals surface area contributed by atoms with Gasteiger partial charge in [0, 0.05) is 65.3 Å². The quantitative estimate of drug-likeness (QED) is 0.233. The highest BCUT2D eigenvalue weighted by atomic mass is 127. The maximum Gasteiger partial charge on any atom is 0.242 e. The van der Waals surface area contributed by atoms with Crippen molar-refractivity contribution in [2.75, 3.05) is 46.3 Å². The molecule has 2 heterocycles. The molecule has 3 rings (SSSR count). The number of benzene rings is 1. The third kappa shape index (κ3) is 7.70. The Morgan fingerprint density at radius 2 is 1.90 bits per heavy atom. The number of sulfonamides is 1. The van der Waals surface area contributed by atoms with E-state index in [-0.39, 0.29) is 35.4 Å². The first-order chi connectivity index (χ1) is 14.5. The fourth-order valence-corrected chi connectivity index (χ4v) is 4.46. The first-order valence-corrected chi connectivity index (χ1v) is 11.6. The maximum atomic E-state index is 12.2. The van der Waals surface area contributed by atoms with Gasteiger partial charge in [0.15, 0.2) is 5.96 Å². The zero-order valence-corrected chi connectivity index (χ0v) is 21.1. The lowest BCUT2D eigenvalue weighted by molar-refractivity contribution is 0.172. The van der Waals surface area contributed by atoms with Crippen LogP contribution in [0.5, 0.6) is 0 Å². The Labute approximate surface area is 202 Å². The molecule has 1 aliphatic rings. The lowest BCUT2D eigenvalue weighted by Gasteiger charge is -2.36. The zero-order valence-electron chi connectivity index (χ0n) is 18.0. The molecule has 1 aromatic heterocycles. The Kier molecular flexibility index (Phi) is 10.1. The summed E-state index contributed by atoms with van der Waals surface area (Å²) in [5.74, 6) is 0.797. The average Bonchev–Trinajstić information content (AvgIpc) is 2.75. The summed E-state index contributed by atoms with van der Waals surface area (Å²) in [5, 5.41) is 3.25. The van der Waals surface area contributed by atoms with Crippen LogP contribution in [0.4, 0.5) is 0 Å². The van der Waals surface area contributed by atoms with Crippen LogP contribution in [0, 0.1) is 6.92 Å². The number of pyridine rings is 1. The van der Waals surface area contributed by atoms with Crippen LogP contribution in [0.15, 0.2) is 58.7 Å². The summed E-state index contributed by atoms with van der Waals surface area (Å²) < 4.78 is 27.0. The lowest BCUT2D eigenvalue weighted by atomic mass is 10.1. The molecular weight excluding hydrogens is 527 g/mol. The predicted molar refractivity (Wildman–Crippen MR) is 134 cm³/mol. The molecule has 0 atom stereocenters. The number of halogens is 1. The van der Waals surface area contributed by atoms with E-state index >= 15 is 0 Å². The Morgan fingerprint density at radius 3 is 2.55 bits per heavy atom. The second-order valence-electron chi connectivity index (χ2n) is 7.31. The van der Waals surface area contributed by atoms with Crippen LogP contribution >= 0.6 is 24.0 Å². The van der Waals surface area contributed by atoms with Crippen molar-refractivity contribution in [2.45, 2.75) is 18.4 Å². The molecule has 0 unspecified atom stereocenters. The van der Waals surface area contributed by atoms with Gasteiger partial charge in [-0.3, -0.25) is 14.9 Å². The molecule has 31 heavy (non-hydrogen) atoms. The highest BCUT2D eigenvalue weighted by molar-refractivity contribution is 14.0. The van der Waals surface area contributed by atoms with Crippen LogP contribution in [-0.2, 0) is 16.6 Å². The van der Waals surface area contributed by atoms with Crippen molar-refractivity contribution in [3.63, 3.8) is 0 Å². The van der Waals surface area contributed by atoms with Gasteiger partial charge in [0.05, 0.1) is 0 Å². The number of nitrogens with one attached hydrogen (secondary N) is 2. The summed E-state index contributed by atoms with van der Waals surface area (Å²) in [6.45, 7) is 7.48. The van der Waals surface area contributed by atoms with E-state index in [2.05, 4.69) is 61.0 Å². The molecular formula is C21H31IN6O2S. The summed E-state index contributed by atoms with van der Waals surface area (Å²) >= 11 is 0. The minimum Gasteiger partial charge on any atom is -0.355 e. The lowest BCUT2D eigenvalue weighted by Crippen LogP contribution is -2.52. The van der Waals surface area contributed by atoms with E-state index in [4.69, 9.17) is 0 Å². The van der Waals surface area contributed by atoms with Crippen molar-refractivity contribution in [3.8, 4) is 0 Å². The Balaban J connectivity index is 0.00000341. The molecule has 0 radical (unpaired) electrons. The summed E-state index contributed by atoms with van der Waals surface area (Å²) in [4.78, 5) is 13.0. The van der Waals surface area contributed by atoms with E-state index < -0.39 is 10.0 Å². The number of guanidine groups is 1. The van der Waals surface area contributed by atoms with Gasteiger partial charge in [-0.25, -0.2) is 13.1 Å². The van der Waals surface area contributed by atoms with Crippen molar-refractivity contribution in [3.05, 3.63) is 59.9 Å². The number of piperazine rings is 1. The van der Waals surface area contributed by atoms with E-state index in [9.17, 15) is 8.42 Å². The van der Waals surface area contributed by atoms with E-state index in [1.807, 2.05) is 0 Å². The molecule has 1 fully saturated rings. The molecule has 8 nitrogen and oxygen atoms in total. The molecule has 2 aromatic rings. The van der Waals surface area contributed by atoms with Crippen LogP contribution < -0.4 is 10.0 Å². The summed E-state index contributed by atoms with van der Waals surface area (Å²) in [7, 11) is -1.79. The van der Waals surface area contributed by atoms with Crippen LogP contribution in [0.25, 0.3) is 0 Å². The number of rotatable bonds is 7. The average molecular weight is 558 g/mol. The summed E-state index contributed by atoms with van der Waals surface area (Å²) in [6, 6.07) is 11.8. The third-order valence-corrected chi connectivity index (χ3v) is 6.46. The molecule has 170 valence electrons. The number of aromatic nitrogens is 1. The predicted octanol–water partition coefficient (Wildman–Crippen LogP) is 1.68. The molecule has 0 spiro atoms. The first-order valence-electron chi connectivity index (χ1n) is 10.1. The van der Waals surface area contributed by atoms with E-state index in [0.29, 0.717) is 6.54 Å². The van der Waals surface area contributed by atoms with Gasteiger partial charge in [-0.2, -0.15) is 0 Å². The van der Waals surface area contributed by atoms with Crippen molar-refractivity contribution < 1.29 is 8.42 Å². The maximum absolute atomic E-state index is 12.2. The first kappa shape index (κ1) is 25.5. The van der Waals surface area contributed by atoms with Crippen molar-refractivity contribution in [2.24, 2.45) is 4.99 Å². The highest BCUT2D eigenvalue weighted by Gasteiger charge is 2.20. The van der Waals surface area contributed by atoms with E-state index in [0.717, 1.165) is 38.7 Å². The smallest absolute Gasteiger partial charge is 0.242 e. The molecule has 0 amide bonds. The standard InChI is InChI=1S/C21H30N6O2S.HI/c1-18-5-3-6-19(15-18)17-26-11-13-27(14-12-26)21(22-2)24-9-10-25-30(28,29)20-7-4-8-23-16-20;/h3-8,15-16,25H,9-14,17H2,1-2H3,(H,22,24);1H. The molecule has 1 saturated heterocycles. The minimum atomic E-state index is -3.54. The van der Waals surface area contributed by atoms with E-state index in [1.165, 1.54) is 23.4 Å². The van der Waals surface area contributed by atoms with Gasteiger partial charge in [0.1, 0.15) is 4.90 Å². The zero-order chi connectivity index (χ0) is 21.4. The molecule has 2 N–H and O–H groups in total.